The van der Waals surface area contributed by atoms with Crippen molar-refractivity contribution in [3.05, 3.63) is 5.89 Å². The summed E-state index contributed by atoms with van der Waals surface area (Å²) in [6, 6.07) is 0.785. The SMILES string of the molecule is O=C(CN1C[C@@H]2CCCN[C@@H]2C1)Nc1nnc(C2CC2)o1. The van der Waals surface area contributed by atoms with E-state index in [4.69, 9.17) is 4.42 Å². The highest BCUT2D eigenvalue weighted by molar-refractivity contribution is 5.90. The first-order chi connectivity index (χ1) is 10.3. The van der Waals surface area contributed by atoms with Crippen molar-refractivity contribution in [2.24, 2.45) is 5.92 Å². The molecule has 1 aromatic heterocycles. The molecule has 1 saturated carbocycles. The minimum absolute atomic E-state index is 0.0698. The second-order valence-electron chi connectivity index (χ2n) is 6.42. The lowest BCUT2D eigenvalue weighted by atomic mass is 9.94. The van der Waals surface area contributed by atoms with Gasteiger partial charge in [0.1, 0.15) is 0 Å². The number of carbonyl (C=O) groups is 1. The smallest absolute Gasteiger partial charge is 0.322 e. The van der Waals surface area contributed by atoms with Gasteiger partial charge in [-0.15, -0.1) is 5.10 Å². The molecule has 2 atom stereocenters. The van der Waals surface area contributed by atoms with Crippen molar-refractivity contribution in [1.82, 2.24) is 20.4 Å². The van der Waals surface area contributed by atoms with Gasteiger partial charge < -0.3 is 9.73 Å². The van der Waals surface area contributed by atoms with E-state index in [1.54, 1.807) is 0 Å². The van der Waals surface area contributed by atoms with Gasteiger partial charge in [-0.1, -0.05) is 5.10 Å². The minimum Gasteiger partial charge on any atom is -0.408 e. The molecule has 4 rings (SSSR count). The Morgan fingerprint density at radius 3 is 3.05 bits per heavy atom. The van der Waals surface area contributed by atoms with Gasteiger partial charge in [-0.2, -0.15) is 0 Å². The van der Waals surface area contributed by atoms with Gasteiger partial charge in [-0.05, 0) is 38.1 Å². The Balaban J connectivity index is 1.29. The lowest BCUT2D eigenvalue weighted by Gasteiger charge is -2.24. The molecular weight excluding hydrogens is 270 g/mol. The maximum Gasteiger partial charge on any atom is 0.322 e. The van der Waals surface area contributed by atoms with E-state index in [-0.39, 0.29) is 11.9 Å². The summed E-state index contributed by atoms with van der Waals surface area (Å²) < 4.78 is 5.45. The number of aromatic nitrogens is 2. The van der Waals surface area contributed by atoms with E-state index >= 15 is 0 Å². The first-order valence-corrected chi connectivity index (χ1v) is 7.87. The van der Waals surface area contributed by atoms with Crippen LogP contribution in [0, 0.1) is 5.92 Å². The second kappa shape index (κ2) is 5.38. The van der Waals surface area contributed by atoms with Crippen molar-refractivity contribution >= 4 is 11.9 Å². The van der Waals surface area contributed by atoms with Crippen LogP contribution in [0.25, 0.3) is 0 Å². The highest BCUT2D eigenvalue weighted by Crippen LogP contribution is 2.39. The number of fused-ring (bicyclic) bond motifs is 1. The zero-order chi connectivity index (χ0) is 14.2. The molecule has 1 aliphatic carbocycles. The van der Waals surface area contributed by atoms with Crippen LogP contribution in [0.3, 0.4) is 0 Å². The summed E-state index contributed by atoms with van der Waals surface area (Å²) in [6.07, 6.45) is 4.73. The molecule has 7 nitrogen and oxygen atoms in total. The molecule has 114 valence electrons. The molecule has 2 saturated heterocycles. The fraction of sp³-hybridized carbons (Fsp3) is 0.786. The summed E-state index contributed by atoms with van der Waals surface area (Å²) in [5.41, 5.74) is 0. The number of carbonyl (C=O) groups excluding carboxylic acids is 1. The molecule has 0 unspecified atom stereocenters. The molecule has 0 bridgehead atoms. The van der Waals surface area contributed by atoms with Crippen LogP contribution in [0.2, 0.25) is 0 Å². The number of amides is 1. The molecule has 3 heterocycles. The van der Waals surface area contributed by atoms with E-state index in [0.29, 0.717) is 30.3 Å². The fourth-order valence-corrected chi connectivity index (χ4v) is 3.41. The lowest BCUT2D eigenvalue weighted by molar-refractivity contribution is -0.117. The number of nitrogens with one attached hydrogen (secondary N) is 2. The Hall–Kier alpha value is -1.47. The largest absolute Gasteiger partial charge is 0.408 e. The van der Waals surface area contributed by atoms with E-state index in [1.165, 1.54) is 12.8 Å². The predicted molar refractivity (Wildman–Crippen MR) is 75.9 cm³/mol. The van der Waals surface area contributed by atoms with Crippen molar-refractivity contribution < 1.29 is 9.21 Å². The van der Waals surface area contributed by atoms with E-state index in [0.717, 1.165) is 32.5 Å². The first kappa shape index (κ1) is 13.2. The van der Waals surface area contributed by atoms with Gasteiger partial charge in [0, 0.05) is 25.0 Å². The highest BCUT2D eigenvalue weighted by atomic mass is 16.4. The van der Waals surface area contributed by atoms with Crippen molar-refractivity contribution in [3.8, 4) is 0 Å². The first-order valence-electron chi connectivity index (χ1n) is 7.87. The van der Waals surface area contributed by atoms with Gasteiger partial charge in [0.25, 0.3) is 0 Å². The number of anilines is 1. The number of rotatable bonds is 4. The molecule has 0 radical (unpaired) electrons. The van der Waals surface area contributed by atoms with Gasteiger partial charge in [0.2, 0.25) is 11.8 Å². The van der Waals surface area contributed by atoms with Crippen LogP contribution < -0.4 is 10.6 Å². The molecule has 3 fully saturated rings. The van der Waals surface area contributed by atoms with E-state index in [9.17, 15) is 4.79 Å². The Kier molecular flexibility index (Phi) is 3.39. The molecule has 1 aromatic rings. The monoisotopic (exact) mass is 291 g/mol. The van der Waals surface area contributed by atoms with E-state index in [2.05, 4.69) is 25.7 Å². The van der Waals surface area contributed by atoms with Gasteiger partial charge >= 0.3 is 6.01 Å². The molecule has 3 aliphatic rings. The average Bonchev–Trinajstić information content (AvgIpc) is 3.08. The summed E-state index contributed by atoms with van der Waals surface area (Å²) in [5.74, 6) is 1.69. The third-order valence-electron chi connectivity index (χ3n) is 4.66. The molecule has 7 heteroatoms. The summed E-state index contributed by atoms with van der Waals surface area (Å²) in [5, 5.41) is 14.1. The Morgan fingerprint density at radius 2 is 2.24 bits per heavy atom. The fourth-order valence-electron chi connectivity index (χ4n) is 3.41. The molecule has 0 spiro atoms. The van der Waals surface area contributed by atoms with Crippen LogP contribution in [0.15, 0.2) is 4.42 Å². The normalized spacial score (nSPS) is 29.3. The number of likely N-dealkylation sites (tertiary alicyclic amines) is 1. The minimum atomic E-state index is -0.0698. The summed E-state index contributed by atoms with van der Waals surface area (Å²) >= 11 is 0. The quantitative estimate of drug-likeness (QED) is 0.844. The average molecular weight is 291 g/mol. The summed E-state index contributed by atoms with van der Waals surface area (Å²) in [4.78, 5) is 14.3. The van der Waals surface area contributed by atoms with Gasteiger partial charge in [-0.25, -0.2) is 0 Å². The molecule has 21 heavy (non-hydrogen) atoms. The van der Waals surface area contributed by atoms with Crippen LogP contribution in [-0.2, 0) is 4.79 Å². The molecule has 2 aliphatic heterocycles. The molecule has 2 N–H and O–H groups in total. The van der Waals surface area contributed by atoms with Crippen LogP contribution >= 0.6 is 0 Å². The van der Waals surface area contributed by atoms with Gasteiger partial charge in [0.05, 0.1) is 6.54 Å². The standard InChI is InChI=1S/C14H21N5O2/c20-12(16-14-18-17-13(21-14)9-3-4-9)8-19-6-10-2-1-5-15-11(10)7-19/h9-11,15H,1-8H2,(H,16,18,20)/t10-,11+/m0/s1. The third-order valence-corrected chi connectivity index (χ3v) is 4.66. The van der Waals surface area contributed by atoms with E-state index in [1.807, 2.05) is 0 Å². The summed E-state index contributed by atoms with van der Waals surface area (Å²) in [6.45, 7) is 3.46. The van der Waals surface area contributed by atoms with Gasteiger partial charge in [0.15, 0.2) is 0 Å². The lowest BCUT2D eigenvalue weighted by Crippen LogP contribution is -2.41. The molecular formula is C14H21N5O2. The zero-order valence-electron chi connectivity index (χ0n) is 12.0. The molecule has 1 amide bonds. The number of piperidine rings is 1. The highest BCUT2D eigenvalue weighted by Gasteiger charge is 2.35. The van der Waals surface area contributed by atoms with Gasteiger partial charge in [-0.3, -0.25) is 15.0 Å². The predicted octanol–water partition coefficient (Wildman–Crippen LogP) is 0.569. The van der Waals surface area contributed by atoms with Crippen LogP contribution in [-0.4, -0.2) is 53.2 Å². The Bertz CT molecular complexity index is 513. The number of nitrogens with zero attached hydrogens (tertiary/aromatic N) is 3. The van der Waals surface area contributed by atoms with Crippen molar-refractivity contribution in [3.63, 3.8) is 0 Å². The maximum absolute atomic E-state index is 12.1. The number of hydrogen-bond donors (Lipinski definition) is 2. The Morgan fingerprint density at radius 1 is 1.33 bits per heavy atom. The maximum atomic E-state index is 12.1. The van der Waals surface area contributed by atoms with Crippen molar-refractivity contribution in [1.29, 1.82) is 0 Å². The van der Waals surface area contributed by atoms with Crippen LogP contribution in [0.1, 0.15) is 37.5 Å². The summed E-state index contributed by atoms with van der Waals surface area (Å²) in [7, 11) is 0. The molecule has 0 aromatic carbocycles. The van der Waals surface area contributed by atoms with E-state index < -0.39 is 0 Å². The van der Waals surface area contributed by atoms with Crippen molar-refractivity contribution in [2.75, 3.05) is 31.5 Å². The second-order valence-corrected chi connectivity index (χ2v) is 6.42. The zero-order valence-corrected chi connectivity index (χ0v) is 12.0. The van der Waals surface area contributed by atoms with Crippen molar-refractivity contribution in [2.45, 2.75) is 37.6 Å². The number of hydrogen-bond acceptors (Lipinski definition) is 6. The van der Waals surface area contributed by atoms with Crippen LogP contribution in [0.4, 0.5) is 6.01 Å². The third kappa shape index (κ3) is 2.94. The Labute approximate surface area is 123 Å². The topological polar surface area (TPSA) is 83.3 Å². The van der Waals surface area contributed by atoms with Crippen LogP contribution in [0.5, 0.6) is 0 Å².